The van der Waals surface area contributed by atoms with Gasteiger partial charge in [0.1, 0.15) is 0 Å². The molecule has 1 aromatic carbocycles. The average molecular weight is 286 g/mol. The monoisotopic (exact) mass is 286 g/mol. The van der Waals surface area contributed by atoms with Gasteiger partial charge in [-0.05, 0) is 61.0 Å². The van der Waals surface area contributed by atoms with Crippen molar-refractivity contribution in [3.8, 4) is 0 Å². The van der Waals surface area contributed by atoms with Crippen LogP contribution < -0.4 is 5.32 Å². The van der Waals surface area contributed by atoms with Crippen LogP contribution in [-0.2, 0) is 18.0 Å². The minimum Gasteiger partial charge on any atom is -0.372 e. The summed E-state index contributed by atoms with van der Waals surface area (Å²) in [5.74, 6) is 0.195. The third kappa shape index (κ3) is 2.36. The molecular weight excluding hydrogens is 264 g/mol. The molecule has 0 bridgehead atoms. The van der Waals surface area contributed by atoms with E-state index in [1.807, 2.05) is 18.2 Å². The number of piperidine rings is 1. The lowest BCUT2D eigenvalue weighted by molar-refractivity contribution is 0.0761. The number of carbonyl (C=O) groups excluding carboxylic acids is 1. The normalized spacial score (nSPS) is 23.5. The Morgan fingerprint density at radius 1 is 1.14 bits per heavy atom. The second-order valence-corrected chi connectivity index (χ2v) is 6.70. The molecule has 1 amide bonds. The van der Waals surface area contributed by atoms with E-state index in [-0.39, 0.29) is 5.91 Å². The van der Waals surface area contributed by atoms with Gasteiger partial charge in [0.05, 0.1) is 13.2 Å². The second kappa shape index (κ2) is 5.11. The quantitative estimate of drug-likeness (QED) is 0.858. The zero-order valence-electron chi connectivity index (χ0n) is 12.4. The molecule has 3 aliphatic rings. The zero-order chi connectivity index (χ0) is 14.3. The number of hydrogen-bond donors (Lipinski definition) is 1. The van der Waals surface area contributed by atoms with Gasteiger partial charge in [-0.25, -0.2) is 0 Å². The fourth-order valence-corrected chi connectivity index (χ4v) is 3.96. The van der Waals surface area contributed by atoms with Crippen LogP contribution in [0.2, 0.25) is 0 Å². The van der Waals surface area contributed by atoms with Gasteiger partial charge in [-0.2, -0.15) is 0 Å². The summed E-state index contributed by atoms with van der Waals surface area (Å²) in [4.78, 5) is 14.8. The molecule has 0 radical (unpaired) electrons. The number of nitrogens with one attached hydrogen (secondary N) is 1. The van der Waals surface area contributed by atoms with Crippen LogP contribution in [0.1, 0.15) is 40.7 Å². The molecule has 4 rings (SSSR count). The van der Waals surface area contributed by atoms with Gasteiger partial charge in [0, 0.05) is 18.7 Å². The topological polar surface area (TPSA) is 41.6 Å². The highest BCUT2D eigenvalue weighted by Crippen LogP contribution is 2.39. The third-order valence-corrected chi connectivity index (χ3v) is 5.36. The standard InChI is InChI=1S/C17H22N2O2/c20-16(13-1-2-14-10-21-11-15(14)9-13)19-8-5-17(12-19)3-6-18-7-4-17/h1-2,9,18H,3-8,10-12H2. The Hall–Kier alpha value is -1.39. The molecule has 1 aromatic rings. The summed E-state index contributed by atoms with van der Waals surface area (Å²) < 4.78 is 5.43. The number of likely N-dealkylation sites (tertiary alicyclic amines) is 1. The van der Waals surface area contributed by atoms with Crippen molar-refractivity contribution in [3.05, 3.63) is 34.9 Å². The van der Waals surface area contributed by atoms with E-state index >= 15 is 0 Å². The molecule has 21 heavy (non-hydrogen) atoms. The Morgan fingerprint density at radius 3 is 2.81 bits per heavy atom. The van der Waals surface area contributed by atoms with E-state index in [0.717, 1.165) is 38.2 Å². The Bertz CT molecular complexity index is 564. The summed E-state index contributed by atoms with van der Waals surface area (Å²) in [5.41, 5.74) is 3.60. The van der Waals surface area contributed by atoms with Crippen molar-refractivity contribution < 1.29 is 9.53 Å². The van der Waals surface area contributed by atoms with Crippen LogP contribution in [0.25, 0.3) is 0 Å². The first-order valence-electron chi connectivity index (χ1n) is 7.95. The van der Waals surface area contributed by atoms with Crippen molar-refractivity contribution in [3.63, 3.8) is 0 Å². The summed E-state index contributed by atoms with van der Waals surface area (Å²) in [7, 11) is 0. The number of fused-ring (bicyclic) bond motifs is 1. The minimum absolute atomic E-state index is 0.195. The number of rotatable bonds is 1. The first kappa shape index (κ1) is 13.3. The molecular formula is C17H22N2O2. The third-order valence-electron chi connectivity index (χ3n) is 5.36. The molecule has 4 nitrogen and oxygen atoms in total. The van der Waals surface area contributed by atoms with E-state index in [1.54, 1.807) is 0 Å². The van der Waals surface area contributed by atoms with Crippen LogP contribution in [0, 0.1) is 5.41 Å². The second-order valence-electron chi connectivity index (χ2n) is 6.70. The lowest BCUT2D eigenvalue weighted by Gasteiger charge is -2.33. The number of nitrogens with zero attached hydrogens (tertiary/aromatic N) is 1. The maximum Gasteiger partial charge on any atom is 0.253 e. The van der Waals surface area contributed by atoms with Crippen LogP contribution in [0.15, 0.2) is 18.2 Å². The first-order valence-corrected chi connectivity index (χ1v) is 7.95. The van der Waals surface area contributed by atoms with Gasteiger partial charge in [0.15, 0.2) is 0 Å². The Labute approximate surface area is 125 Å². The molecule has 0 saturated carbocycles. The number of carbonyl (C=O) groups is 1. The molecule has 3 heterocycles. The summed E-state index contributed by atoms with van der Waals surface area (Å²) in [6, 6.07) is 6.04. The number of benzene rings is 1. The maximum atomic E-state index is 12.7. The molecule has 2 fully saturated rings. The molecule has 0 atom stereocenters. The molecule has 1 N–H and O–H groups in total. The largest absolute Gasteiger partial charge is 0.372 e. The predicted molar refractivity (Wildman–Crippen MR) is 80.0 cm³/mol. The van der Waals surface area contributed by atoms with Crippen LogP contribution in [0.3, 0.4) is 0 Å². The van der Waals surface area contributed by atoms with Crippen LogP contribution in [-0.4, -0.2) is 37.0 Å². The first-order chi connectivity index (χ1) is 10.3. The summed E-state index contributed by atoms with van der Waals surface area (Å²) in [6.45, 7) is 5.36. The van der Waals surface area contributed by atoms with Gasteiger partial charge >= 0.3 is 0 Å². The summed E-state index contributed by atoms with van der Waals surface area (Å²) in [5, 5.41) is 3.42. The van der Waals surface area contributed by atoms with Crippen molar-refractivity contribution in [2.45, 2.75) is 32.5 Å². The zero-order valence-corrected chi connectivity index (χ0v) is 12.4. The molecule has 0 aliphatic carbocycles. The SMILES string of the molecule is O=C(c1ccc2c(c1)COC2)N1CCC2(CCNCC2)C1. The van der Waals surface area contributed by atoms with Gasteiger partial charge in [0.2, 0.25) is 0 Å². The van der Waals surface area contributed by atoms with E-state index in [0.29, 0.717) is 18.6 Å². The van der Waals surface area contributed by atoms with Crippen molar-refractivity contribution >= 4 is 5.91 Å². The number of ether oxygens (including phenoxy) is 1. The van der Waals surface area contributed by atoms with Crippen molar-refractivity contribution in [2.24, 2.45) is 5.41 Å². The minimum atomic E-state index is 0.195. The predicted octanol–water partition coefficient (Wildman–Crippen LogP) is 1.93. The van der Waals surface area contributed by atoms with Crippen LogP contribution in [0.5, 0.6) is 0 Å². The van der Waals surface area contributed by atoms with E-state index < -0.39 is 0 Å². The lowest BCUT2D eigenvalue weighted by atomic mass is 9.78. The van der Waals surface area contributed by atoms with E-state index in [2.05, 4.69) is 10.2 Å². The molecule has 0 aromatic heterocycles. The summed E-state index contributed by atoms with van der Waals surface area (Å²) in [6.07, 6.45) is 3.57. The molecule has 0 unspecified atom stereocenters. The van der Waals surface area contributed by atoms with Gasteiger partial charge in [-0.3, -0.25) is 4.79 Å². The van der Waals surface area contributed by atoms with Crippen LogP contribution >= 0.6 is 0 Å². The Morgan fingerprint density at radius 2 is 1.95 bits per heavy atom. The molecule has 2 saturated heterocycles. The van der Waals surface area contributed by atoms with Crippen LogP contribution in [0.4, 0.5) is 0 Å². The summed E-state index contributed by atoms with van der Waals surface area (Å²) >= 11 is 0. The maximum absolute atomic E-state index is 12.7. The molecule has 1 spiro atoms. The van der Waals surface area contributed by atoms with Gasteiger partial charge < -0.3 is 15.0 Å². The van der Waals surface area contributed by atoms with Gasteiger partial charge in [-0.15, -0.1) is 0 Å². The highest BCUT2D eigenvalue weighted by molar-refractivity contribution is 5.94. The highest BCUT2D eigenvalue weighted by Gasteiger charge is 2.40. The van der Waals surface area contributed by atoms with E-state index in [9.17, 15) is 4.79 Å². The molecule has 3 aliphatic heterocycles. The molecule has 112 valence electrons. The average Bonchev–Trinajstić information content (AvgIpc) is 3.14. The number of hydrogen-bond acceptors (Lipinski definition) is 3. The van der Waals surface area contributed by atoms with Gasteiger partial charge in [-0.1, -0.05) is 6.07 Å². The Kier molecular flexibility index (Phi) is 3.23. The lowest BCUT2D eigenvalue weighted by Crippen LogP contribution is -2.39. The smallest absolute Gasteiger partial charge is 0.253 e. The van der Waals surface area contributed by atoms with Crippen molar-refractivity contribution in [1.82, 2.24) is 10.2 Å². The van der Waals surface area contributed by atoms with Crippen molar-refractivity contribution in [2.75, 3.05) is 26.2 Å². The van der Waals surface area contributed by atoms with Gasteiger partial charge in [0.25, 0.3) is 5.91 Å². The van der Waals surface area contributed by atoms with Crippen molar-refractivity contribution in [1.29, 1.82) is 0 Å². The Balaban J connectivity index is 1.50. The molecule has 4 heteroatoms. The number of amides is 1. The fourth-order valence-electron chi connectivity index (χ4n) is 3.96. The van der Waals surface area contributed by atoms with E-state index in [4.69, 9.17) is 4.74 Å². The fraction of sp³-hybridized carbons (Fsp3) is 0.588. The van der Waals surface area contributed by atoms with E-state index in [1.165, 1.54) is 24.0 Å². The highest BCUT2D eigenvalue weighted by atomic mass is 16.5.